The first-order valence-electron chi connectivity index (χ1n) is 8.66. The van der Waals surface area contributed by atoms with Gasteiger partial charge in [-0.05, 0) is 29.8 Å². The standard InChI is InChI=1S/C20H16ClN3O5S/c21-16-11-10-15(20(25)23-17-8-4-5-9-18(17)24(26)27)12-19(16)30(28,29)22-13-14-6-2-1-3-7-14/h1-12,22H,13H2,(H,23,25). The summed E-state index contributed by atoms with van der Waals surface area (Å²) in [6, 6.07) is 18.3. The third kappa shape index (κ3) is 5.01. The Balaban J connectivity index is 1.84. The highest BCUT2D eigenvalue weighted by atomic mass is 35.5. The van der Waals surface area contributed by atoms with Crippen LogP contribution in [0.5, 0.6) is 0 Å². The molecular weight excluding hydrogens is 430 g/mol. The molecule has 0 fully saturated rings. The fourth-order valence-electron chi connectivity index (χ4n) is 2.64. The molecule has 3 aromatic rings. The normalized spacial score (nSPS) is 11.1. The number of carbonyl (C=O) groups excluding carboxylic acids is 1. The van der Waals surface area contributed by atoms with E-state index in [1.165, 1.54) is 36.4 Å². The van der Waals surface area contributed by atoms with Gasteiger partial charge in [-0.15, -0.1) is 0 Å². The number of nitrogens with one attached hydrogen (secondary N) is 2. The van der Waals surface area contributed by atoms with E-state index >= 15 is 0 Å². The Morgan fingerprint density at radius 3 is 2.37 bits per heavy atom. The number of para-hydroxylation sites is 2. The van der Waals surface area contributed by atoms with E-state index < -0.39 is 20.9 Å². The molecule has 0 radical (unpaired) electrons. The lowest BCUT2D eigenvalue weighted by atomic mass is 10.2. The van der Waals surface area contributed by atoms with Gasteiger partial charge in [0, 0.05) is 18.2 Å². The lowest BCUT2D eigenvalue weighted by Crippen LogP contribution is -2.24. The summed E-state index contributed by atoms with van der Waals surface area (Å²) in [5.41, 5.74) is 0.450. The molecule has 8 nitrogen and oxygen atoms in total. The Morgan fingerprint density at radius 1 is 1.00 bits per heavy atom. The van der Waals surface area contributed by atoms with E-state index in [2.05, 4.69) is 10.0 Å². The molecule has 0 bridgehead atoms. The summed E-state index contributed by atoms with van der Waals surface area (Å²) in [7, 11) is -4.01. The zero-order valence-corrected chi connectivity index (χ0v) is 17.0. The van der Waals surface area contributed by atoms with E-state index in [-0.39, 0.29) is 33.4 Å². The zero-order valence-electron chi connectivity index (χ0n) is 15.4. The largest absolute Gasteiger partial charge is 0.316 e. The molecule has 0 atom stereocenters. The van der Waals surface area contributed by atoms with Crippen LogP contribution in [0.25, 0.3) is 0 Å². The van der Waals surface area contributed by atoms with Gasteiger partial charge in [0.1, 0.15) is 10.6 Å². The smallest absolute Gasteiger partial charge is 0.292 e. The quantitative estimate of drug-likeness (QED) is 0.421. The zero-order chi connectivity index (χ0) is 21.7. The van der Waals surface area contributed by atoms with Crippen LogP contribution in [0.3, 0.4) is 0 Å². The van der Waals surface area contributed by atoms with E-state index in [1.807, 2.05) is 6.07 Å². The summed E-state index contributed by atoms with van der Waals surface area (Å²) in [5, 5.41) is 13.5. The van der Waals surface area contributed by atoms with Crippen LogP contribution in [0.15, 0.2) is 77.7 Å². The summed E-state index contributed by atoms with van der Waals surface area (Å²) < 4.78 is 27.8. The minimum atomic E-state index is -4.01. The van der Waals surface area contributed by atoms with Crippen molar-refractivity contribution >= 4 is 38.9 Å². The van der Waals surface area contributed by atoms with Gasteiger partial charge in [-0.3, -0.25) is 14.9 Å². The molecule has 2 N–H and O–H groups in total. The van der Waals surface area contributed by atoms with Crippen molar-refractivity contribution in [2.45, 2.75) is 11.4 Å². The molecule has 3 rings (SSSR count). The first-order chi connectivity index (χ1) is 14.3. The Hall–Kier alpha value is -3.27. The fourth-order valence-corrected chi connectivity index (χ4v) is 4.18. The predicted molar refractivity (Wildman–Crippen MR) is 113 cm³/mol. The van der Waals surface area contributed by atoms with Gasteiger partial charge in [0.2, 0.25) is 10.0 Å². The summed E-state index contributed by atoms with van der Waals surface area (Å²) in [4.78, 5) is 22.8. The molecule has 0 heterocycles. The maximum Gasteiger partial charge on any atom is 0.292 e. The van der Waals surface area contributed by atoms with Crippen molar-refractivity contribution in [3.63, 3.8) is 0 Å². The number of carbonyl (C=O) groups is 1. The molecule has 10 heteroatoms. The number of hydrogen-bond acceptors (Lipinski definition) is 5. The van der Waals surface area contributed by atoms with Gasteiger partial charge in [0.25, 0.3) is 11.6 Å². The second-order valence-electron chi connectivity index (χ2n) is 6.18. The lowest BCUT2D eigenvalue weighted by molar-refractivity contribution is -0.383. The molecule has 0 saturated heterocycles. The average Bonchev–Trinajstić information content (AvgIpc) is 2.73. The number of halogens is 1. The molecule has 0 aliphatic carbocycles. The maximum atomic E-state index is 12.7. The molecule has 3 aromatic carbocycles. The van der Waals surface area contributed by atoms with Gasteiger partial charge >= 0.3 is 0 Å². The third-order valence-corrected chi connectivity index (χ3v) is 6.02. The highest BCUT2D eigenvalue weighted by molar-refractivity contribution is 7.89. The Kier molecular flexibility index (Phi) is 6.46. The number of nitro benzene ring substituents is 1. The molecule has 0 aliphatic heterocycles. The lowest BCUT2D eigenvalue weighted by Gasteiger charge is -2.11. The summed E-state index contributed by atoms with van der Waals surface area (Å²) in [6.45, 7) is 0.0478. The second-order valence-corrected chi connectivity index (χ2v) is 8.33. The van der Waals surface area contributed by atoms with Crippen LogP contribution < -0.4 is 10.0 Å². The van der Waals surface area contributed by atoms with E-state index in [9.17, 15) is 23.3 Å². The van der Waals surface area contributed by atoms with Crippen LogP contribution in [-0.4, -0.2) is 19.2 Å². The van der Waals surface area contributed by atoms with E-state index in [0.29, 0.717) is 0 Å². The molecule has 0 aromatic heterocycles. The van der Waals surface area contributed by atoms with Crippen molar-refractivity contribution in [3.05, 3.63) is 99.1 Å². The number of sulfonamides is 1. The van der Waals surface area contributed by atoms with Crippen molar-refractivity contribution in [2.75, 3.05) is 5.32 Å². The van der Waals surface area contributed by atoms with Crippen molar-refractivity contribution in [3.8, 4) is 0 Å². The van der Waals surface area contributed by atoms with Gasteiger partial charge in [-0.2, -0.15) is 0 Å². The number of nitro groups is 1. The Bertz CT molecular complexity index is 1200. The topological polar surface area (TPSA) is 118 Å². The minimum absolute atomic E-state index is 0.00550. The summed E-state index contributed by atoms with van der Waals surface area (Å²) >= 11 is 6.05. The second kappa shape index (κ2) is 9.04. The van der Waals surface area contributed by atoms with Gasteiger partial charge in [0.05, 0.1) is 9.95 Å². The van der Waals surface area contributed by atoms with Crippen LogP contribution >= 0.6 is 11.6 Å². The Morgan fingerprint density at radius 2 is 1.67 bits per heavy atom. The predicted octanol–water partition coefficient (Wildman–Crippen LogP) is 3.98. The monoisotopic (exact) mass is 445 g/mol. The van der Waals surface area contributed by atoms with Crippen LogP contribution in [0.4, 0.5) is 11.4 Å². The van der Waals surface area contributed by atoms with Gasteiger partial charge in [0.15, 0.2) is 0 Å². The highest BCUT2D eigenvalue weighted by Gasteiger charge is 2.21. The number of benzene rings is 3. The third-order valence-electron chi connectivity index (χ3n) is 4.14. The van der Waals surface area contributed by atoms with Crippen LogP contribution in [0.2, 0.25) is 5.02 Å². The molecule has 0 aliphatic rings. The fraction of sp³-hybridized carbons (Fsp3) is 0.0500. The molecule has 0 saturated carbocycles. The van der Waals surface area contributed by atoms with E-state index in [4.69, 9.17) is 11.6 Å². The number of amides is 1. The van der Waals surface area contributed by atoms with E-state index in [1.54, 1.807) is 24.3 Å². The number of rotatable bonds is 7. The van der Waals surface area contributed by atoms with Crippen molar-refractivity contribution < 1.29 is 18.1 Å². The molecule has 30 heavy (non-hydrogen) atoms. The van der Waals surface area contributed by atoms with Crippen LogP contribution in [-0.2, 0) is 16.6 Å². The Labute approximate surface area is 177 Å². The van der Waals surface area contributed by atoms with Crippen LogP contribution in [0.1, 0.15) is 15.9 Å². The van der Waals surface area contributed by atoms with Gasteiger partial charge in [-0.25, -0.2) is 13.1 Å². The first-order valence-corrected chi connectivity index (χ1v) is 10.5. The average molecular weight is 446 g/mol. The summed E-state index contributed by atoms with van der Waals surface area (Å²) in [6.07, 6.45) is 0. The van der Waals surface area contributed by atoms with E-state index in [0.717, 1.165) is 11.6 Å². The first kappa shape index (κ1) is 21.4. The summed E-state index contributed by atoms with van der Waals surface area (Å²) in [5.74, 6) is -0.708. The van der Waals surface area contributed by atoms with Gasteiger partial charge < -0.3 is 5.32 Å². The molecule has 154 valence electrons. The van der Waals surface area contributed by atoms with Crippen LogP contribution in [0, 0.1) is 10.1 Å². The minimum Gasteiger partial charge on any atom is -0.316 e. The molecular formula is C20H16ClN3O5S. The van der Waals surface area contributed by atoms with Crippen molar-refractivity contribution in [1.82, 2.24) is 4.72 Å². The number of hydrogen-bond donors (Lipinski definition) is 2. The highest BCUT2D eigenvalue weighted by Crippen LogP contribution is 2.26. The van der Waals surface area contributed by atoms with Crippen molar-refractivity contribution in [2.24, 2.45) is 0 Å². The number of nitrogens with zero attached hydrogens (tertiary/aromatic N) is 1. The molecule has 0 spiro atoms. The molecule has 0 unspecified atom stereocenters. The molecule has 1 amide bonds. The number of anilines is 1. The maximum absolute atomic E-state index is 12.7. The van der Waals surface area contributed by atoms with Gasteiger partial charge in [-0.1, -0.05) is 54.1 Å². The SMILES string of the molecule is O=C(Nc1ccccc1[N+](=O)[O-])c1ccc(Cl)c(S(=O)(=O)NCc2ccccc2)c1. The van der Waals surface area contributed by atoms with Crippen molar-refractivity contribution in [1.29, 1.82) is 0 Å².